The van der Waals surface area contributed by atoms with Gasteiger partial charge < -0.3 is 43.4 Å². The van der Waals surface area contributed by atoms with Crippen molar-refractivity contribution in [2.75, 3.05) is 12.3 Å². The third kappa shape index (κ3) is 14.0. The van der Waals surface area contributed by atoms with Crippen LogP contribution in [0.1, 0.15) is 46.0 Å². The molecule has 0 saturated heterocycles. The number of aliphatic imine (C=N–C) groups is 1. The van der Waals surface area contributed by atoms with E-state index in [0.29, 0.717) is 0 Å². The van der Waals surface area contributed by atoms with Crippen molar-refractivity contribution in [3.63, 3.8) is 0 Å². The third-order valence-corrected chi connectivity index (χ3v) is 5.09. The Morgan fingerprint density at radius 1 is 0.886 bits per heavy atom. The fourth-order valence-electron chi connectivity index (χ4n) is 2.89. The second kappa shape index (κ2) is 16.5. The van der Waals surface area contributed by atoms with E-state index in [1.807, 2.05) is 13.8 Å². The average Bonchev–Trinajstić information content (AvgIpc) is 2.76. The molecule has 0 heterocycles. The molecule has 0 spiro atoms. The van der Waals surface area contributed by atoms with Crippen LogP contribution in [0.2, 0.25) is 0 Å². The second-order valence-electron chi connectivity index (χ2n) is 8.32. The van der Waals surface area contributed by atoms with Crippen LogP contribution < -0.4 is 33.2 Å². The van der Waals surface area contributed by atoms with Crippen LogP contribution in [0.15, 0.2) is 4.99 Å². The number of rotatable bonds is 17. The van der Waals surface area contributed by atoms with E-state index in [-0.39, 0.29) is 56.3 Å². The Hall–Kier alpha value is -3.07. The zero-order chi connectivity index (χ0) is 27.1. The lowest BCUT2D eigenvalue weighted by atomic mass is 10.0. The van der Waals surface area contributed by atoms with Gasteiger partial charge in [-0.1, -0.05) is 13.8 Å². The van der Waals surface area contributed by atoms with Crippen LogP contribution in [0.3, 0.4) is 0 Å². The first-order valence-corrected chi connectivity index (χ1v) is 11.7. The molecule has 0 rings (SSSR count). The molecular weight excluding hydrogens is 482 g/mol. The topological polar surface area (TPSA) is 252 Å². The second-order valence-corrected chi connectivity index (χ2v) is 8.69. The Kier molecular flexibility index (Phi) is 15.1. The summed E-state index contributed by atoms with van der Waals surface area (Å²) in [5, 5.41) is 25.4. The molecule has 14 nitrogen and oxygen atoms in total. The van der Waals surface area contributed by atoms with Crippen LogP contribution in [0, 0.1) is 5.92 Å². The Morgan fingerprint density at radius 2 is 1.43 bits per heavy atom. The molecule has 0 aliphatic carbocycles. The predicted octanol–water partition coefficient (Wildman–Crippen LogP) is -2.25. The number of hydrogen-bond acceptors (Lipinski definition) is 8. The minimum absolute atomic E-state index is 0.0221. The van der Waals surface area contributed by atoms with E-state index in [4.69, 9.17) is 22.3 Å². The molecule has 0 bridgehead atoms. The van der Waals surface area contributed by atoms with Gasteiger partial charge in [0.05, 0.1) is 6.04 Å². The summed E-state index contributed by atoms with van der Waals surface area (Å²) in [6, 6.07) is -4.61. The van der Waals surface area contributed by atoms with Gasteiger partial charge in [0.25, 0.3) is 0 Å². The van der Waals surface area contributed by atoms with Gasteiger partial charge in [-0.15, -0.1) is 0 Å². The van der Waals surface area contributed by atoms with E-state index in [9.17, 15) is 29.1 Å². The number of aliphatic carboxylic acids is 2. The SMILES string of the molecule is CC(C)CC(NC(=O)C(N)CCC(=O)O)C(=O)NC(CS)C(=O)NC(CCCN=C(N)N)C(=O)O. The van der Waals surface area contributed by atoms with E-state index in [1.165, 1.54) is 0 Å². The summed E-state index contributed by atoms with van der Waals surface area (Å²) in [6.45, 7) is 3.82. The lowest BCUT2D eigenvalue weighted by Crippen LogP contribution is -2.57. The number of carboxylic acid groups (broad SMARTS) is 2. The van der Waals surface area contributed by atoms with Crippen LogP contribution in [0.5, 0.6) is 0 Å². The summed E-state index contributed by atoms with van der Waals surface area (Å²) in [4.78, 5) is 63.7. The van der Waals surface area contributed by atoms with Gasteiger partial charge in [-0.3, -0.25) is 24.2 Å². The van der Waals surface area contributed by atoms with Gasteiger partial charge in [-0.05, 0) is 31.6 Å². The van der Waals surface area contributed by atoms with Gasteiger partial charge in [-0.2, -0.15) is 12.6 Å². The molecule has 0 aromatic rings. The standard InChI is InChI=1S/C20H37N7O7S/c1-10(2)8-13(26-16(30)11(21)5-6-15(28)29)17(31)27-14(9-35)18(32)25-12(19(33)34)4-3-7-24-20(22)23/h10-14,35H,3-9,21H2,1-2H3,(H,25,32)(H,26,30)(H,27,31)(H,28,29)(H,33,34)(H4,22,23,24). The summed E-state index contributed by atoms with van der Waals surface area (Å²) >= 11 is 4.07. The van der Waals surface area contributed by atoms with Crippen LogP contribution in [-0.4, -0.2) is 82.3 Å². The fourth-order valence-corrected chi connectivity index (χ4v) is 3.15. The van der Waals surface area contributed by atoms with E-state index >= 15 is 0 Å². The van der Waals surface area contributed by atoms with Gasteiger partial charge in [0.15, 0.2) is 5.96 Å². The fraction of sp³-hybridized carbons (Fsp3) is 0.700. The van der Waals surface area contributed by atoms with Crippen molar-refractivity contribution >= 4 is 48.2 Å². The first-order chi connectivity index (χ1) is 16.3. The maximum Gasteiger partial charge on any atom is 0.326 e. The summed E-state index contributed by atoms with van der Waals surface area (Å²) in [7, 11) is 0. The van der Waals surface area contributed by atoms with Gasteiger partial charge in [-0.25, -0.2) is 4.79 Å². The van der Waals surface area contributed by atoms with Crippen LogP contribution in [-0.2, 0) is 24.0 Å². The van der Waals surface area contributed by atoms with Crippen molar-refractivity contribution in [3.8, 4) is 0 Å². The molecule has 0 aromatic heterocycles. The van der Waals surface area contributed by atoms with Crippen molar-refractivity contribution in [2.45, 2.75) is 70.1 Å². The normalized spacial score (nSPS) is 14.2. The molecule has 4 atom stereocenters. The first-order valence-electron chi connectivity index (χ1n) is 11.1. The van der Waals surface area contributed by atoms with E-state index in [0.717, 1.165) is 0 Å². The van der Waals surface area contributed by atoms with Gasteiger partial charge >= 0.3 is 11.9 Å². The highest BCUT2D eigenvalue weighted by molar-refractivity contribution is 7.80. The predicted molar refractivity (Wildman–Crippen MR) is 131 cm³/mol. The summed E-state index contributed by atoms with van der Waals surface area (Å²) in [5.74, 6) is -4.84. The molecule has 3 amide bonds. The zero-order valence-electron chi connectivity index (χ0n) is 19.9. The Balaban J connectivity index is 5.19. The smallest absolute Gasteiger partial charge is 0.326 e. The molecule has 35 heavy (non-hydrogen) atoms. The summed E-state index contributed by atoms with van der Waals surface area (Å²) < 4.78 is 0. The van der Waals surface area contributed by atoms with E-state index < -0.39 is 53.8 Å². The number of nitrogens with two attached hydrogens (primary N) is 3. The number of hydrogen-bond donors (Lipinski definition) is 9. The highest BCUT2D eigenvalue weighted by Crippen LogP contribution is 2.07. The van der Waals surface area contributed by atoms with E-state index in [2.05, 4.69) is 33.6 Å². The lowest BCUT2D eigenvalue weighted by molar-refractivity contribution is -0.142. The minimum Gasteiger partial charge on any atom is -0.481 e. The van der Waals surface area contributed by atoms with Crippen LogP contribution in [0.25, 0.3) is 0 Å². The monoisotopic (exact) mass is 519 g/mol. The molecule has 15 heteroatoms. The molecule has 4 unspecified atom stereocenters. The lowest BCUT2D eigenvalue weighted by Gasteiger charge is -2.25. The molecule has 200 valence electrons. The van der Waals surface area contributed by atoms with Crippen molar-refractivity contribution in [1.82, 2.24) is 16.0 Å². The number of carboxylic acids is 2. The zero-order valence-corrected chi connectivity index (χ0v) is 20.8. The molecule has 0 saturated carbocycles. The highest BCUT2D eigenvalue weighted by Gasteiger charge is 2.30. The molecule has 0 aromatic carbocycles. The molecule has 0 fully saturated rings. The van der Waals surface area contributed by atoms with Gasteiger partial charge in [0, 0.05) is 18.7 Å². The number of carbonyl (C=O) groups is 5. The number of nitrogens with zero attached hydrogens (tertiary/aromatic N) is 1. The summed E-state index contributed by atoms with van der Waals surface area (Å²) in [6.07, 6.45) is 0.128. The van der Waals surface area contributed by atoms with Crippen molar-refractivity contribution in [2.24, 2.45) is 28.1 Å². The minimum atomic E-state index is -1.27. The maximum atomic E-state index is 12.8. The number of amides is 3. The van der Waals surface area contributed by atoms with Gasteiger partial charge in [0.1, 0.15) is 18.1 Å². The van der Waals surface area contributed by atoms with Crippen LogP contribution >= 0.6 is 12.6 Å². The quantitative estimate of drug-likeness (QED) is 0.0431. The number of nitrogens with one attached hydrogen (secondary N) is 3. The largest absolute Gasteiger partial charge is 0.481 e. The summed E-state index contributed by atoms with van der Waals surface area (Å²) in [5.41, 5.74) is 16.1. The van der Waals surface area contributed by atoms with Gasteiger partial charge in [0.2, 0.25) is 17.7 Å². The van der Waals surface area contributed by atoms with Crippen LogP contribution in [0.4, 0.5) is 0 Å². The Bertz CT molecular complexity index is 775. The third-order valence-electron chi connectivity index (χ3n) is 4.72. The average molecular weight is 520 g/mol. The maximum absolute atomic E-state index is 12.8. The van der Waals surface area contributed by atoms with Crippen molar-refractivity contribution < 1.29 is 34.2 Å². The Morgan fingerprint density at radius 3 is 1.91 bits per heavy atom. The molecule has 11 N–H and O–H groups in total. The number of carbonyl (C=O) groups excluding carboxylic acids is 3. The molecule has 0 radical (unpaired) electrons. The van der Waals surface area contributed by atoms with Crippen molar-refractivity contribution in [3.05, 3.63) is 0 Å². The first kappa shape index (κ1) is 31.9. The number of guanidine groups is 1. The molecule has 0 aliphatic heterocycles. The highest BCUT2D eigenvalue weighted by atomic mass is 32.1. The van der Waals surface area contributed by atoms with E-state index in [1.54, 1.807) is 0 Å². The number of thiol groups is 1. The van der Waals surface area contributed by atoms with Crippen molar-refractivity contribution in [1.29, 1.82) is 0 Å². The molecular formula is C20H37N7O7S. The molecule has 0 aliphatic rings. The Labute approximate surface area is 209 Å².